The number of nitro groups is 1. The minimum absolute atomic E-state index is 0.242. The molecule has 1 heterocycles. The molecule has 0 aromatic heterocycles. The third kappa shape index (κ3) is 0.812. The van der Waals surface area contributed by atoms with Crippen LogP contribution in [0.3, 0.4) is 0 Å². The fraction of sp³-hybridized carbons (Fsp3) is 0.667. The van der Waals surface area contributed by atoms with E-state index < -0.39 is 11.1 Å². The van der Waals surface area contributed by atoms with E-state index in [0.717, 1.165) is 0 Å². The van der Waals surface area contributed by atoms with Crippen LogP contribution < -0.4 is 5.32 Å². The van der Waals surface area contributed by atoms with Crippen molar-refractivity contribution in [3.63, 3.8) is 0 Å². The molecule has 5 heteroatoms. The van der Waals surface area contributed by atoms with Crippen molar-refractivity contribution in [3.8, 4) is 0 Å². The molecular formula is C3H4N3O2. The van der Waals surface area contributed by atoms with Crippen LogP contribution in [0.25, 0.3) is 0 Å². The fourth-order valence-electron chi connectivity index (χ4n) is 0.440. The molecule has 0 amide bonds. The predicted octanol–water partition coefficient (Wildman–Crippen LogP) is -0.764. The first-order chi connectivity index (χ1) is 3.80. The molecule has 1 radical (unpaired) electrons. The first-order valence-corrected chi connectivity index (χ1v) is 2.11. The molecule has 0 saturated carbocycles. The molecule has 1 unspecified atom stereocenters. The number of hydrogen-bond donors (Lipinski definition) is 0. The van der Waals surface area contributed by atoms with Gasteiger partial charge in [0.1, 0.15) is 6.67 Å². The van der Waals surface area contributed by atoms with Gasteiger partial charge < -0.3 is 0 Å². The van der Waals surface area contributed by atoms with E-state index in [2.05, 4.69) is 10.3 Å². The highest BCUT2D eigenvalue weighted by molar-refractivity contribution is 5.63. The van der Waals surface area contributed by atoms with Crippen molar-refractivity contribution in [2.24, 2.45) is 4.99 Å². The van der Waals surface area contributed by atoms with Crippen molar-refractivity contribution in [2.45, 2.75) is 6.17 Å². The first kappa shape index (κ1) is 5.17. The smallest absolute Gasteiger partial charge is 0.272 e. The normalized spacial score (nSPS) is 26.2. The van der Waals surface area contributed by atoms with E-state index in [1.165, 1.54) is 6.21 Å². The van der Waals surface area contributed by atoms with Gasteiger partial charge in [0.25, 0.3) is 0 Å². The molecule has 0 spiro atoms. The van der Waals surface area contributed by atoms with Crippen LogP contribution in [0, 0.1) is 10.1 Å². The Morgan fingerprint density at radius 1 is 1.88 bits per heavy atom. The lowest BCUT2D eigenvalue weighted by Crippen LogP contribution is -2.26. The van der Waals surface area contributed by atoms with E-state index in [1.54, 1.807) is 0 Å². The van der Waals surface area contributed by atoms with Crippen molar-refractivity contribution in [1.29, 1.82) is 0 Å². The highest BCUT2D eigenvalue weighted by atomic mass is 16.6. The summed E-state index contributed by atoms with van der Waals surface area (Å²) < 4.78 is 0. The largest absolute Gasteiger partial charge is 0.317 e. The molecule has 0 bridgehead atoms. The van der Waals surface area contributed by atoms with Crippen LogP contribution in [0.4, 0.5) is 0 Å². The highest BCUT2D eigenvalue weighted by Crippen LogP contribution is 1.89. The topological polar surface area (TPSA) is 69.6 Å². The Morgan fingerprint density at radius 3 is 2.88 bits per heavy atom. The van der Waals surface area contributed by atoms with E-state index in [-0.39, 0.29) is 6.67 Å². The molecule has 0 aromatic carbocycles. The molecule has 43 valence electrons. The van der Waals surface area contributed by atoms with Gasteiger partial charge in [-0.15, -0.1) is 5.32 Å². The van der Waals surface area contributed by atoms with Gasteiger partial charge in [-0.3, -0.25) is 15.1 Å². The summed E-state index contributed by atoms with van der Waals surface area (Å²) in [6.45, 7) is 0.242. The van der Waals surface area contributed by atoms with Gasteiger partial charge in [0.2, 0.25) is 0 Å². The Bertz CT molecular complexity index is 132. The summed E-state index contributed by atoms with van der Waals surface area (Å²) in [4.78, 5) is 12.9. The maximum Gasteiger partial charge on any atom is 0.317 e. The van der Waals surface area contributed by atoms with Gasteiger partial charge in [-0.2, -0.15) is 0 Å². The Labute approximate surface area is 45.6 Å². The van der Waals surface area contributed by atoms with Gasteiger partial charge in [-0.05, 0) is 0 Å². The summed E-state index contributed by atoms with van der Waals surface area (Å²) in [5.41, 5.74) is 0. The Kier molecular flexibility index (Phi) is 1.21. The maximum absolute atomic E-state index is 9.82. The molecule has 8 heavy (non-hydrogen) atoms. The molecular weight excluding hydrogens is 110 g/mol. The SMILES string of the molecule is O=[N+]([O-])C1C=NC[N]1. The number of rotatable bonds is 1. The average molecular weight is 114 g/mol. The lowest BCUT2D eigenvalue weighted by molar-refractivity contribution is -0.507. The summed E-state index contributed by atoms with van der Waals surface area (Å²) in [7, 11) is 0. The quantitative estimate of drug-likeness (QED) is 0.332. The Morgan fingerprint density at radius 2 is 2.62 bits per heavy atom. The second kappa shape index (κ2) is 1.87. The van der Waals surface area contributed by atoms with Crippen LogP contribution in [0.1, 0.15) is 0 Å². The zero-order valence-corrected chi connectivity index (χ0v) is 4.02. The number of nitrogens with zero attached hydrogens (tertiary/aromatic N) is 3. The summed E-state index contributed by atoms with van der Waals surface area (Å²) in [6.07, 6.45) is 0.356. The molecule has 5 nitrogen and oxygen atoms in total. The van der Waals surface area contributed by atoms with Crippen molar-refractivity contribution in [3.05, 3.63) is 10.1 Å². The number of hydrogen-bond acceptors (Lipinski definition) is 3. The van der Waals surface area contributed by atoms with E-state index in [0.29, 0.717) is 0 Å². The van der Waals surface area contributed by atoms with E-state index in [9.17, 15) is 10.1 Å². The van der Waals surface area contributed by atoms with Crippen LogP contribution in [0.2, 0.25) is 0 Å². The maximum atomic E-state index is 9.82. The zero-order chi connectivity index (χ0) is 5.98. The lowest BCUT2D eigenvalue weighted by Gasteiger charge is -1.91. The predicted molar refractivity (Wildman–Crippen MR) is 26.3 cm³/mol. The van der Waals surface area contributed by atoms with Crippen LogP contribution in [0.15, 0.2) is 4.99 Å². The fourth-order valence-corrected chi connectivity index (χ4v) is 0.440. The van der Waals surface area contributed by atoms with Gasteiger partial charge in [-0.25, -0.2) is 0 Å². The van der Waals surface area contributed by atoms with Crippen molar-refractivity contribution >= 4 is 6.21 Å². The van der Waals surface area contributed by atoms with E-state index in [1.807, 2.05) is 0 Å². The standard InChI is InChI=1S/C3H4N3O2/c7-6(8)3-1-4-2-5-3/h1,3H,2H2. The summed E-state index contributed by atoms with van der Waals surface area (Å²) in [6, 6.07) is 0. The van der Waals surface area contributed by atoms with Crippen molar-refractivity contribution in [2.75, 3.05) is 6.67 Å². The average Bonchev–Trinajstić information content (AvgIpc) is 2.12. The lowest BCUT2D eigenvalue weighted by atomic mass is 10.6. The van der Waals surface area contributed by atoms with Gasteiger partial charge >= 0.3 is 6.17 Å². The minimum atomic E-state index is -0.880. The van der Waals surface area contributed by atoms with E-state index in [4.69, 9.17) is 0 Å². The third-order valence-corrected chi connectivity index (χ3v) is 0.805. The molecule has 0 fully saturated rings. The molecule has 1 aliphatic heterocycles. The van der Waals surface area contributed by atoms with Gasteiger partial charge in [0.05, 0.1) is 6.21 Å². The Hall–Kier alpha value is -0.970. The zero-order valence-electron chi connectivity index (χ0n) is 4.02. The van der Waals surface area contributed by atoms with Gasteiger partial charge in [-0.1, -0.05) is 0 Å². The molecule has 0 saturated heterocycles. The summed E-state index contributed by atoms with van der Waals surface area (Å²) in [5, 5.41) is 13.3. The van der Waals surface area contributed by atoms with E-state index >= 15 is 0 Å². The van der Waals surface area contributed by atoms with Crippen LogP contribution >= 0.6 is 0 Å². The van der Waals surface area contributed by atoms with Gasteiger partial charge in [0, 0.05) is 4.92 Å². The van der Waals surface area contributed by atoms with Crippen molar-refractivity contribution in [1.82, 2.24) is 5.32 Å². The first-order valence-electron chi connectivity index (χ1n) is 2.11. The second-order valence-corrected chi connectivity index (χ2v) is 1.35. The summed E-state index contributed by atoms with van der Waals surface area (Å²) >= 11 is 0. The molecule has 0 aliphatic carbocycles. The molecule has 0 aromatic rings. The summed E-state index contributed by atoms with van der Waals surface area (Å²) in [5.74, 6) is 0. The molecule has 1 atom stereocenters. The van der Waals surface area contributed by atoms with Crippen LogP contribution in [0.5, 0.6) is 0 Å². The monoisotopic (exact) mass is 114 g/mol. The molecule has 1 rings (SSSR count). The minimum Gasteiger partial charge on any atom is -0.272 e. The molecule has 1 aliphatic rings. The number of aliphatic imine (C=N–C) groups is 1. The highest BCUT2D eigenvalue weighted by Gasteiger charge is 2.20. The molecule has 0 N–H and O–H groups in total. The third-order valence-electron chi connectivity index (χ3n) is 0.805. The second-order valence-electron chi connectivity index (χ2n) is 1.35. The van der Waals surface area contributed by atoms with Crippen LogP contribution in [-0.2, 0) is 0 Å². The van der Waals surface area contributed by atoms with Gasteiger partial charge in [0.15, 0.2) is 0 Å². The van der Waals surface area contributed by atoms with Crippen LogP contribution in [-0.4, -0.2) is 24.0 Å². The van der Waals surface area contributed by atoms with Crippen molar-refractivity contribution < 1.29 is 4.92 Å². The Balaban J connectivity index is 2.48.